The van der Waals surface area contributed by atoms with Crippen LogP contribution in [0.2, 0.25) is 0 Å². The molecule has 0 aliphatic heterocycles. The van der Waals surface area contributed by atoms with Crippen LogP contribution in [0.5, 0.6) is 0 Å². The van der Waals surface area contributed by atoms with E-state index in [-0.39, 0.29) is 25.0 Å². The fourth-order valence-electron chi connectivity index (χ4n) is 4.97. The Morgan fingerprint density at radius 3 is 1.76 bits per heavy atom. The Morgan fingerprint density at radius 2 is 1.27 bits per heavy atom. The highest BCUT2D eigenvalue weighted by Crippen LogP contribution is 2.21. The number of ether oxygens (including phenoxy) is 1. The molecule has 7 nitrogen and oxygen atoms in total. The van der Waals surface area contributed by atoms with E-state index in [2.05, 4.69) is 22.9 Å². The summed E-state index contributed by atoms with van der Waals surface area (Å²) >= 11 is 0. The molecule has 1 aromatic rings. The molecule has 0 fully saturated rings. The maximum absolute atomic E-state index is 13.3. The van der Waals surface area contributed by atoms with Crippen LogP contribution in [0.3, 0.4) is 0 Å². The maximum Gasteiger partial charge on any atom is 0.407 e. The van der Waals surface area contributed by atoms with Gasteiger partial charge >= 0.3 is 6.09 Å². The van der Waals surface area contributed by atoms with Crippen molar-refractivity contribution in [1.29, 1.82) is 0 Å². The number of nitrogens with one attached hydrogen (secondary N) is 3. The van der Waals surface area contributed by atoms with Crippen LogP contribution in [0, 0.1) is 11.3 Å². The third-order valence-corrected chi connectivity index (χ3v) is 7.64. The van der Waals surface area contributed by atoms with Crippen molar-refractivity contribution in [3.8, 4) is 0 Å². The van der Waals surface area contributed by atoms with Gasteiger partial charge in [-0.25, -0.2) is 4.79 Å². The molecule has 1 rings (SSSR count). The summed E-state index contributed by atoms with van der Waals surface area (Å²) in [6.45, 7) is 8.38. The Hall–Kier alpha value is -2.57. The summed E-state index contributed by atoms with van der Waals surface area (Å²) in [6.07, 6.45) is 17.9. The van der Waals surface area contributed by atoms with E-state index >= 15 is 0 Å². The Balaban J connectivity index is 2.46. The van der Waals surface area contributed by atoms with Crippen LogP contribution in [-0.4, -0.2) is 37.5 Å². The van der Waals surface area contributed by atoms with E-state index < -0.39 is 23.5 Å². The van der Waals surface area contributed by atoms with Crippen LogP contribution in [0.1, 0.15) is 130 Å². The van der Waals surface area contributed by atoms with Crippen molar-refractivity contribution < 1.29 is 19.1 Å². The first-order valence-electron chi connectivity index (χ1n) is 16.2. The van der Waals surface area contributed by atoms with Crippen molar-refractivity contribution in [2.24, 2.45) is 11.3 Å². The van der Waals surface area contributed by atoms with Gasteiger partial charge in [-0.15, -0.1) is 0 Å². The minimum Gasteiger partial charge on any atom is -0.445 e. The van der Waals surface area contributed by atoms with Crippen LogP contribution >= 0.6 is 0 Å². The van der Waals surface area contributed by atoms with Crippen molar-refractivity contribution in [2.45, 2.75) is 137 Å². The van der Waals surface area contributed by atoms with E-state index in [1.165, 1.54) is 70.6 Å². The lowest BCUT2D eigenvalue weighted by Crippen LogP contribution is -2.55. The molecule has 0 saturated heterocycles. The summed E-state index contributed by atoms with van der Waals surface area (Å²) in [4.78, 5) is 38.1. The molecule has 0 heterocycles. The molecule has 3 N–H and O–H groups in total. The Labute approximate surface area is 250 Å². The smallest absolute Gasteiger partial charge is 0.407 e. The van der Waals surface area contributed by atoms with Crippen molar-refractivity contribution >= 4 is 17.9 Å². The molecular formula is C34H59N3O4. The molecule has 0 bridgehead atoms. The van der Waals surface area contributed by atoms with Crippen molar-refractivity contribution in [3.63, 3.8) is 0 Å². The first kappa shape index (κ1) is 36.5. The second-order valence-corrected chi connectivity index (χ2v) is 12.4. The minimum atomic E-state index is -0.663. The highest BCUT2D eigenvalue weighted by atomic mass is 16.5. The van der Waals surface area contributed by atoms with Gasteiger partial charge in [0.15, 0.2) is 0 Å². The normalized spacial score (nSPS) is 12.8. The largest absolute Gasteiger partial charge is 0.445 e. The number of carbonyl (C=O) groups is 3. The molecule has 1 unspecified atom stereocenters. The number of rotatable bonds is 22. The molecule has 0 radical (unpaired) electrons. The molecule has 234 valence electrons. The lowest BCUT2D eigenvalue weighted by atomic mass is 9.85. The third-order valence-electron chi connectivity index (χ3n) is 7.64. The van der Waals surface area contributed by atoms with E-state index in [1.807, 2.05) is 51.1 Å². The predicted molar refractivity (Wildman–Crippen MR) is 169 cm³/mol. The first-order valence-corrected chi connectivity index (χ1v) is 16.2. The Bertz CT molecular complexity index is 838. The van der Waals surface area contributed by atoms with E-state index in [1.54, 1.807) is 7.05 Å². The highest BCUT2D eigenvalue weighted by molar-refractivity contribution is 5.89. The molecule has 2 atom stereocenters. The van der Waals surface area contributed by atoms with Gasteiger partial charge in [0.05, 0.1) is 5.92 Å². The number of hydrogen-bond acceptors (Lipinski definition) is 4. The molecule has 0 aliphatic rings. The van der Waals surface area contributed by atoms with Gasteiger partial charge in [-0.05, 0) is 17.4 Å². The number of hydrogen-bond donors (Lipinski definition) is 3. The van der Waals surface area contributed by atoms with Gasteiger partial charge in [-0.2, -0.15) is 0 Å². The number of alkyl carbamates (subject to hydrolysis) is 1. The molecule has 41 heavy (non-hydrogen) atoms. The Kier molecular flexibility index (Phi) is 19.6. The monoisotopic (exact) mass is 573 g/mol. The highest BCUT2D eigenvalue weighted by Gasteiger charge is 2.34. The van der Waals surface area contributed by atoms with Gasteiger partial charge < -0.3 is 20.7 Å². The minimum absolute atomic E-state index is 0.169. The first-order chi connectivity index (χ1) is 19.7. The zero-order valence-electron chi connectivity index (χ0n) is 26.7. The van der Waals surface area contributed by atoms with Gasteiger partial charge in [0.1, 0.15) is 12.6 Å². The van der Waals surface area contributed by atoms with Crippen molar-refractivity contribution in [2.75, 3.05) is 13.6 Å². The fourth-order valence-corrected chi connectivity index (χ4v) is 4.97. The van der Waals surface area contributed by atoms with Crippen LogP contribution in [-0.2, 0) is 20.9 Å². The average Bonchev–Trinajstić information content (AvgIpc) is 2.95. The lowest BCUT2D eigenvalue weighted by Gasteiger charge is -2.31. The maximum atomic E-state index is 13.3. The van der Waals surface area contributed by atoms with Crippen LogP contribution in [0.4, 0.5) is 4.79 Å². The number of likely N-dealkylation sites (N-methyl/N-ethyl adjacent to an activating group) is 1. The Morgan fingerprint density at radius 1 is 0.756 bits per heavy atom. The average molecular weight is 574 g/mol. The second-order valence-electron chi connectivity index (χ2n) is 12.4. The standard InChI is InChI=1S/C34H59N3O4/c1-6-7-8-9-10-11-12-13-14-15-16-17-18-22-25-29(31(38)37-30(32(39)35-5)34(2,3)4)26-36-33(40)41-27-28-23-20-19-21-24-28/h19-21,23-24,29-30H,6-18,22,25-27H2,1-5H3,(H,35,39)(H,36,40)(H,37,38)/t29?,30-/m1/s1. The SMILES string of the molecule is CCCCCCCCCCCCCCCCC(CNC(=O)OCc1ccccc1)C(=O)N[C@H](C(=O)NC)C(C)(C)C. The van der Waals surface area contributed by atoms with Gasteiger partial charge in [-0.3, -0.25) is 9.59 Å². The molecule has 3 amide bonds. The third kappa shape index (κ3) is 17.8. The summed E-state index contributed by atoms with van der Waals surface area (Å²) < 4.78 is 5.33. The molecule has 0 saturated carbocycles. The summed E-state index contributed by atoms with van der Waals surface area (Å²) in [5, 5.41) is 8.36. The topological polar surface area (TPSA) is 96.5 Å². The molecule has 0 aliphatic carbocycles. The zero-order valence-corrected chi connectivity index (χ0v) is 26.7. The van der Waals surface area contributed by atoms with Gasteiger partial charge in [-0.1, -0.05) is 148 Å². The second kappa shape index (κ2) is 22.1. The number of benzene rings is 1. The van der Waals surface area contributed by atoms with Crippen molar-refractivity contribution in [1.82, 2.24) is 16.0 Å². The van der Waals surface area contributed by atoms with Gasteiger partial charge in [0.2, 0.25) is 11.8 Å². The van der Waals surface area contributed by atoms with E-state index in [0.29, 0.717) is 6.42 Å². The molecule has 0 spiro atoms. The summed E-state index contributed by atoms with van der Waals surface area (Å²) in [6, 6.07) is 8.82. The van der Waals surface area contributed by atoms with Crippen LogP contribution in [0.25, 0.3) is 0 Å². The quantitative estimate of drug-likeness (QED) is 0.124. The number of unbranched alkanes of at least 4 members (excludes halogenated alkanes) is 13. The van der Waals surface area contributed by atoms with Crippen LogP contribution < -0.4 is 16.0 Å². The molecule has 7 heteroatoms. The zero-order chi connectivity index (χ0) is 30.3. The number of amides is 3. The fraction of sp³-hybridized carbons (Fsp3) is 0.735. The lowest BCUT2D eigenvalue weighted by molar-refractivity contribution is -0.133. The van der Waals surface area contributed by atoms with E-state index in [9.17, 15) is 14.4 Å². The molecular weight excluding hydrogens is 514 g/mol. The summed E-state index contributed by atoms with van der Waals surface area (Å²) in [5.74, 6) is -0.881. The van der Waals surface area contributed by atoms with E-state index in [0.717, 1.165) is 24.8 Å². The van der Waals surface area contributed by atoms with E-state index in [4.69, 9.17) is 4.74 Å². The number of carbonyl (C=O) groups excluding carboxylic acids is 3. The molecule has 1 aromatic carbocycles. The summed E-state index contributed by atoms with van der Waals surface area (Å²) in [7, 11) is 1.57. The van der Waals surface area contributed by atoms with Gasteiger partial charge in [0, 0.05) is 13.6 Å². The molecule has 0 aromatic heterocycles. The van der Waals surface area contributed by atoms with Crippen LogP contribution in [0.15, 0.2) is 30.3 Å². The summed E-state index contributed by atoms with van der Waals surface area (Å²) in [5.41, 5.74) is 0.454. The van der Waals surface area contributed by atoms with Crippen molar-refractivity contribution in [3.05, 3.63) is 35.9 Å². The van der Waals surface area contributed by atoms with Gasteiger partial charge in [0.25, 0.3) is 0 Å². The predicted octanol–water partition coefficient (Wildman–Crippen LogP) is 7.68.